The maximum absolute atomic E-state index is 5.87. The molecule has 4 rings (SSSR count). The average molecular weight is 261 g/mol. The van der Waals surface area contributed by atoms with Crippen LogP contribution in [-0.4, -0.2) is 6.61 Å². The zero-order valence-electron chi connectivity index (χ0n) is 11.4. The fourth-order valence-corrected chi connectivity index (χ4v) is 3.05. The van der Waals surface area contributed by atoms with Gasteiger partial charge in [0.15, 0.2) is 0 Å². The molecule has 0 amide bonds. The molecule has 0 spiro atoms. The predicted octanol–water partition coefficient (Wildman–Crippen LogP) is 5.03. The van der Waals surface area contributed by atoms with E-state index in [1.807, 2.05) is 0 Å². The van der Waals surface area contributed by atoms with Gasteiger partial charge in [-0.05, 0) is 64.6 Å². The van der Waals surface area contributed by atoms with Crippen molar-refractivity contribution in [2.75, 3.05) is 6.61 Å². The highest BCUT2D eigenvalue weighted by molar-refractivity contribution is 5.98. The summed E-state index contributed by atoms with van der Waals surface area (Å²) in [5, 5.41) is 5.01. The molecule has 0 N–H and O–H groups in total. The molecule has 3 aromatic rings. The van der Waals surface area contributed by atoms with Gasteiger partial charge in [-0.15, -0.1) is 0 Å². The van der Waals surface area contributed by atoms with Crippen molar-refractivity contribution < 1.29 is 4.74 Å². The number of fused-ring (bicyclic) bond motifs is 2. The number of hydrogen-bond donors (Lipinski definition) is 0. The fraction of sp³-hybridized carbons (Fsp3) is 0.263. The third-order valence-electron chi connectivity index (χ3n) is 4.17. The summed E-state index contributed by atoms with van der Waals surface area (Å²) in [6.07, 6.45) is 3.80. The molecule has 1 radical (unpaired) electrons. The van der Waals surface area contributed by atoms with E-state index in [4.69, 9.17) is 4.74 Å². The Kier molecular flexibility index (Phi) is 2.93. The van der Waals surface area contributed by atoms with Gasteiger partial charge < -0.3 is 4.74 Å². The van der Waals surface area contributed by atoms with Crippen molar-refractivity contribution in [3.63, 3.8) is 0 Å². The van der Waals surface area contributed by atoms with Crippen molar-refractivity contribution in [2.24, 2.45) is 0 Å². The van der Waals surface area contributed by atoms with Crippen LogP contribution in [0.15, 0.2) is 48.5 Å². The van der Waals surface area contributed by atoms with E-state index in [9.17, 15) is 0 Å². The smallest absolute Gasteiger partial charge is 0.0831 e. The molecule has 0 saturated carbocycles. The Hall–Kier alpha value is -1.86. The van der Waals surface area contributed by atoms with Gasteiger partial charge in [0.1, 0.15) is 0 Å². The number of ether oxygens (including phenoxy) is 1. The first-order chi connectivity index (χ1) is 9.90. The molecule has 20 heavy (non-hydrogen) atoms. The van der Waals surface area contributed by atoms with Crippen molar-refractivity contribution in [2.45, 2.75) is 25.4 Å². The fourth-order valence-electron chi connectivity index (χ4n) is 3.05. The van der Waals surface area contributed by atoms with Crippen LogP contribution in [0.2, 0.25) is 0 Å². The largest absolute Gasteiger partial charge is 0.374 e. The number of benzene rings is 3. The molecule has 0 aromatic heterocycles. The molecule has 1 fully saturated rings. The van der Waals surface area contributed by atoms with E-state index in [-0.39, 0.29) is 6.10 Å². The maximum atomic E-state index is 5.87. The molecular weight excluding hydrogens is 244 g/mol. The van der Waals surface area contributed by atoms with Crippen LogP contribution < -0.4 is 0 Å². The SMILES string of the molecule is [c]1c(C2CCCCO2)ccc2cc3ccccc3cc12. The van der Waals surface area contributed by atoms with E-state index in [1.165, 1.54) is 39.9 Å². The zero-order valence-corrected chi connectivity index (χ0v) is 11.4. The second-order valence-electron chi connectivity index (χ2n) is 5.56. The standard InChI is InChI=1S/C19H17O/c1-2-6-15-12-18-13-17(19-7-3-4-10-20-19)9-8-16(18)11-14(15)5-1/h1-2,5-6,8-9,11-12,19H,3-4,7,10H2. The van der Waals surface area contributed by atoms with E-state index in [2.05, 4.69) is 54.6 Å². The predicted molar refractivity (Wildman–Crippen MR) is 82.8 cm³/mol. The van der Waals surface area contributed by atoms with Crippen LogP contribution in [0.3, 0.4) is 0 Å². The third-order valence-corrected chi connectivity index (χ3v) is 4.17. The van der Waals surface area contributed by atoms with Crippen LogP contribution >= 0.6 is 0 Å². The van der Waals surface area contributed by atoms with Gasteiger partial charge in [-0.3, -0.25) is 0 Å². The Bertz CT molecular complexity index is 754. The van der Waals surface area contributed by atoms with Crippen LogP contribution in [0.1, 0.15) is 30.9 Å². The van der Waals surface area contributed by atoms with E-state index in [0.717, 1.165) is 13.0 Å². The monoisotopic (exact) mass is 261 g/mol. The van der Waals surface area contributed by atoms with Crippen molar-refractivity contribution in [3.05, 3.63) is 60.2 Å². The van der Waals surface area contributed by atoms with Crippen molar-refractivity contribution in [1.29, 1.82) is 0 Å². The van der Waals surface area contributed by atoms with Crippen molar-refractivity contribution in [1.82, 2.24) is 0 Å². The molecule has 1 saturated heterocycles. The minimum Gasteiger partial charge on any atom is -0.374 e. The molecule has 1 heteroatoms. The molecule has 1 aliphatic rings. The molecule has 0 bridgehead atoms. The van der Waals surface area contributed by atoms with Crippen LogP contribution in [0, 0.1) is 6.07 Å². The summed E-state index contributed by atoms with van der Waals surface area (Å²) in [6, 6.07) is 20.9. The second kappa shape index (κ2) is 4.92. The third kappa shape index (κ3) is 2.08. The molecule has 1 aliphatic heterocycles. The molecular formula is C19H17O. The maximum Gasteiger partial charge on any atom is 0.0831 e. The summed E-state index contributed by atoms with van der Waals surface area (Å²) in [4.78, 5) is 0. The van der Waals surface area contributed by atoms with Gasteiger partial charge in [0.2, 0.25) is 0 Å². The first-order valence-electron chi connectivity index (χ1n) is 7.36. The van der Waals surface area contributed by atoms with Gasteiger partial charge >= 0.3 is 0 Å². The first kappa shape index (κ1) is 11.9. The highest BCUT2D eigenvalue weighted by Gasteiger charge is 2.16. The Morgan fingerprint density at radius 1 is 0.900 bits per heavy atom. The lowest BCUT2D eigenvalue weighted by atomic mass is 9.97. The average Bonchev–Trinajstić information content (AvgIpc) is 2.53. The van der Waals surface area contributed by atoms with Gasteiger partial charge in [0, 0.05) is 6.61 Å². The Morgan fingerprint density at radius 3 is 2.55 bits per heavy atom. The second-order valence-corrected chi connectivity index (χ2v) is 5.56. The molecule has 1 heterocycles. The molecule has 3 aromatic carbocycles. The lowest BCUT2D eigenvalue weighted by Crippen LogP contribution is -2.11. The Morgan fingerprint density at radius 2 is 1.75 bits per heavy atom. The molecule has 1 nitrogen and oxygen atoms in total. The zero-order chi connectivity index (χ0) is 13.4. The van der Waals surface area contributed by atoms with Gasteiger partial charge in [-0.25, -0.2) is 0 Å². The van der Waals surface area contributed by atoms with Crippen molar-refractivity contribution in [3.8, 4) is 0 Å². The van der Waals surface area contributed by atoms with Crippen LogP contribution in [-0.2, 0) is 4.74 Å². The van der Waals surface area contributed by atoms with E-state index in [1.54, 1.807) is 0 Å². The topological polar surface area (TPSA) is 9.23 Å². The normalized spacial score (nSPS) is 19.5. The molecule has 1 atom stereocenters. The molecule has 0 aliphatic carbocycles. The summed E-state index contributed by atoms with van der Waals surface area (Å²) in [5.74, 6) is 0. The quantitative estimate of drug-likeness (QED) is 0.558. The Balaban J connectivity index is 1.83. The molecule has 99 valence electrons. The van der Waals surface area contributed by atoms with Gasteiger partial charge in [0.25, 0.3) is 0 Å². The minimum absolute atomic E-state index is 0.236. The van der Waals surface area contributed by atoms with Crippen LogP contribution in [0.5, 0.6) is 0 Å². The highest BCUT2D eigenvalue weighted by Crippen LogP contribution is 2.30. The molecule has 1 unspecified atom stereocenters. The number of hydrogen-bond acceptors (Lipinski definition) is 1. The van der Waals surface area contributed by atoms with Crippen LogP contribution in [0.25, 0.3) is 21.5 Å². The van der Waals surface area contributed by atoms with E-state index in [0.29, 0.717) is 0 Å². The van der Waals surface area contributed by atoms with Crippen LogP contribution in [0.4, 0.5) is 0 Å². The Labute approximate surface area is 119 Å². The van der Waals surface area contributed by atoms with Crippen molar-refractivity contribution >= 4 is 21.5 Å². The van der Waals surface area contributed by atoms with E-state index >= 15 is 0 Å². The highest BCUT2D eigenvalue weighted by atomic mass is 16.5. The first-order valence-corrected chi connectivity index (χ1v) is 7.36. The summed E-state index contributed by atoms with van der Waals surface area (Å²) in [5.41, 5.74) is 1.20. The minimum atomic E-state index is 0.236. The lowest BCUT2D eigenvalue weighted by molar-refractivity contribution is 0.0149. The number of rotatable bonds is 1. The summed E-state index contributed by atoms with van der Waals surface area (Å²) >= 11 is 0. The summed E-state index contributed by atoms with van der Waals surface area (Å²) < 4.78 is 5.87. The van der Waals surface area contributed by atoms with Gasteiger partial charge in [0.05, 0.1) is 6.10 Å². The van der Waals surface area contributed by atoms with Gasteiger partial charge in [-0.1, -0.05) is 36.4 Å². The lowest BCUT2D eigenvalue weighted by Gasteiger charge is -2.23. The van der Waals surface area contributed by atoms with Gasteiger partial charge in [-0.2, -0.15) is 0 Å². The van der Waals surface area contributed by atoms with E-state index < -0.39 is 0 Å². The summed E-state index contributed by atoms with van der Waals surface area (Å²) in [6.45, 7) is 0.883. The summed E-state index contributed by atoms with van der Waals surface area (Å²) in [7, 11) is 0.